The number of aryl methyl sites for hydroxylation is 2. The Bertz CT molecular complexity index is 517. The number of aliphatic hydroxyl groups excluding tert-OH is 1. The van der Waals surface area contributed by atoms with Gasteiger partial charge in [0.25, 0.3) is 0 Å². The van der Waals surface area contributed by atoms with Crippen molar-refractivity contribution in [1.29, 1.82) is 0 Å². The highest BCUT2D eigenvalue weighted by atomic mass is 16.5. The fourth-order valence-corrected chi connectivity index (χ4v) is 2.01. The van der Waals surface area contributed by atoms with Crippen LogP contribution in [0.3, 0.4) is 0 Å². The van der Waals surface area contributed by atoms with Gasteiger partial charge in [-0.25, -0.2) is 0 Å². The molecule has 0 amide bonds. The average Bonchev–Trinajstić information content (AvgIpc) is 2.42. The van der Waals surface area contributed by atoms with Gasteiger partial charge in [0.05, 0.1) is 13.2 Å². The first-order valence-electron chi connectivity index (χ1n) is 6.56. The molecule has 0 spiro atoms. The second-order valence-electron chi connectivity index (χ2n) is 4.92. The van der Waals surface area contributed by atoms with Gasteiger partial charge in [0.2, 0.25) is 0 Å². The molecule has 0 heterocycles. The highest BCUT2D eigenvalue weighted by Crippen LogP contribution is 2.19. The van der Waals surface area contributed by atoms with Gasteiger partial charge >= 0.3 is 0 Å². The van der Waals surface area contributed by atoms with Crippen LogP contribution < -0.4 is 4.74 Å². The summed E-state index contributed by atoms with van der Waals surface area (Å²) < 4.78 is 5.75. The highest BCUT2D eigenvalue weighted by molar-refractivity contribution is 5.28. The lowest BCUT2D eigenvalue weighted by Gasteiger charge is -2.16. The molecule has 0 aliphatic carbocycles. The van der Waals surface area contributed by atoms with Crippen LogP contribution in [-0.2, 0) is 0 Å². The minimum absolute atomic E-state index is 0.0150. The van der Waals surface area contributed by atoms with Gasteiger partial charge in [-0.05, 0) is 31.5 Å². The molecule has 0 radical (unpaired) electrons. The van der Waals surface area contributed by atoms with Crippen LogP contribution in [-0.4, -0.2) is 18.3 Å². The molecule has 0 saturated carbocycles. The van der Waals surface area contributed by atoms with Crippen molar-refractivity contribution in [3.8, 4) is 5.75 Å². The summed E-state index contributed by atoms with van der Waals surface area (Å²) in [6.45, 7) is 4.68. The van der Waals surface area contributed by atoms with Gasteiger partial charge in [-0.1, -0.05) is 47.5 Å². The van der Waals surface area contributed by atoms with Crippen molar-refractivity contribution in [2.24, 2.45) is 0 Å². The molecule has 0 fully saturated rings. The number of benzene rings is 2. The van der Waals surface area contributed by atoms with E-state index in [0.717, 1.165) is 11.3 Å². The van der Waals surface area contributed by atoms with E-state index in [1.807, 2.05) is 43.3 Å². The van der Waals surface area contributed by atoms with Crippen LogP contribution in [0.5, 0.6) is 5.75 Å². The first kappa shape index (κ1) is 13.6. The quantitative estimate of drug-likeness (QED) is 0.887. The van der Waals surface area contributed by atoms with Crippen LogP contribution in [0.25, 0.3) is 0 Å². The zero-order chi connectivity index (χ0) is 13.7. The van der Waals surface area contributed by atoms with E-state index in [1.54, 1.807) is 0 Å². The minimum atomic E-state index is 0.0150. The molecule has 0 aliphatic rings. The summed E-state index contributed by atoms with van der Waals surface area (Å²) in [5.41, 5.74) is 3.53. The minimum Gasteiger partial charge on any atom is -0.493 e. The Balaban J connectivity index is 2.01. The Hall–Kier alpha value is -1.80. The third-order valence-electron chi connectivity index (χ3n) is 3.21. The molecule has 0 saturated heterocycles. The normalized spacial score (nSPS) is 12.2. The van der Waals surface area contributed by atoms with Crippen LogP contribution in [0.1, 0.15) is 22.6 Å². The second-order valence-corrected chi connectivity index (χ2v) is 4.92. The average molecular weight is 256 g/mol. The van der Waals surface area contributed by atoms with Crippen molar-refractivity contribution in [3.63, 3.8) is 0 Å². The lowest BCUT2D eigenvalue weighted by Crippen LogP contribution is -2.14. The summed E-state index contributed by atoms with van der Waals surface area (Å²) in [6.07, 6.45) is 0. The smallest absolute Gasteiger partial charge is 0.119 e. The molecule has 2 rings (SSSR count). The molecule has 0 aliphatic heterocycles. The molecule has 100 valence electrons. The summed E-state index contributed by atoms with van der Waals surface area (Å²) in [5.74, 6) is 0.859. The first-order chi connectivity index (χ1) is 9.19. The van der Waals surface area contributed by atoms with Crippen LogP contribution in [0.4, 0.5) is 0 Å². The first-order valence-corrected chi connectivity index (χ1v) is 6.56. The molecule has 0 aromatic heterocycles. The van der Waals surface area contributed by atoms with Crippen LogP contribution in [0, 0.1) is 13.8 Å². The standard InChI is InChI=1S/C17H20O2/c1-13-6-8-17(9-7-13)19-12-16(11-18)15-5-3-4-14(2)10-15/h3-10,16,18H,11-12H2,1-2H3. The van der Waals surface area contributed by atoms with Crippen molar-refractivity contribution < 1.29 is 9.84 Å². The zero-order valence-electron chi connectivity index (χ0n) is 11.5. The Morgan fingerprint density at radius 2 is 1.74 bits per heavy atom. The van der Waals surface area contributed by atoms with Gasteiger partial charge in [0.15, 0.2) is 0 Å². The van der Waals surface area contributed by atoms with Crippen molar-refractivity contribution >= 4 is 0 Å². The number of rotatable bonds is 5. The van der Waals surface area contributed by atoms with Crippen molar-refractivity contribution in [1.82, 2.24) is 0 Å². The largest absolute Gasteiger partial charge is 0.493 e. The van der Waals surface area contributed by atoms with E-state index in [-0.39, 0.29) is 12.5 Å². The van der Waals surface area contributed by atoms with Crippen LogP contribution >= 0.6 is 0 Å². The fourth-order valence-electron chi connectivity index (χ4n) is 2.01. The number of hydrogen-bond donors (Lipinski definition) is 1. The maximum atomic E-state index is 9.51. The zero-order valence-corrected chi connectivity index (χ0v) is 11.5. The molecular formula is C17H20O2. The summed E-state index contributed by atoms with van der Waals surface area (Å²) >= 11 is 0. The highest BCUT2D eigenvalue weighted by Gasteiger charge is 2.11. The predicted molar refractivity (Wildman–Crippen MR) is 77.7 cm³/mol. The van der Waals surface area contributed by atoms with E-state index in [9.17, 15) is 5.11 Å². The molecule has 2 heteroatoms. The molecule has 19 heavy (non-hydrogen) atoms. The number of aliphatic hydroxyl groups is 1. The topological polar surface area (TPSA) is 29.5 Å². The fraction of sp³-hybridized carbons (Fsp3) is 0.294. The molecule has 2 nitrogen and oxygen atoms in total. The molecule has 2 aromatic rings. The molecule has 0 bridgehead atoms. The molecule has 1 atom stereocenters. The van der Waals surface area contributed by atoms with E-state index < -0.39 is 0 Å². The number of ether oxygens (including phenoxy) is 1. The van der Waals surface area contributed by atoms with E-state index in [0.29, 0.717) is 6.61 Å². The van der Waals surface area contributed by atoms with Gasteiger partial charge in [-0.3, -0.25) is 0 Å². The van der Waals surface area contributed by atoms with Gasteiger partial charge < -0.3 is 9.84 Å². The Morgan fingerprint density at radius 1 is 1.00 bits per heavy atom. The van der Waals surface area contributed by atoms with Gasteiger partial charge in [-0.15, -0.1) is 0 Å². The van der Waals surface area contributed by atoms with Crippen molar-refractivity contribution in [3.05, 3.63) is 65.2 Å². The summed E-state index contributed by atoms with van der Waals surface area (Å²) in [6, 6.07) is 16.2. The summed E-state index contributed by atoms with van der Waals surface area (Å²) in [4.78, 5) is 0. The molecule has 1 unspecified atom stereocenters. The van der Waals surface area contributed by atoms with Gasteiger partial charge in [0, 0.05) is 5.92 Å². The third-order valence-corrected chi connectivity index (χ3v) is 3.21. The lowest BCUT2D eigenvalue weighted by atomic mass is 9.99. The Kier molecular flexibility index (Phi) is 4.58. The van der Waals surface area contributed by atoms with Gasteiger partial charge in [-0.2, -0.15) is 0 Å². The lowest BCUT2D eigenvalue weighted by molar-refractivity contribution is 0.205. The van der Waals surface area contributed by atoms with Crippen LogP contribution in [0.15, 0.2) is 48.5 Å². The second kappa shape index (κ2) is 6.39. The molecule has 1 N–H and O–H groups in total. The van der Waals surface area contributed by atoms with Crippen molar-refractivity contribution in [2.45, 2.75) is 19.8 Å². The van der Waals surface area contributed by atoms with E-state index >= 15 is 0 Å². The summed E-state index contributed by atoms with van der Waals surface area (Å²) in [7, 11) is 0. The van der Waals surface area contributed by atoms with E-state index in [2.05, 4.69) is 19.1 Å². The predicted octanol–water partition coefficient (Wildman–Crippen LogP) is 3.46. The van der Waals surface area contributed by atoms with Gasteiger partial charge in [0.1, 0.15) is 5.75 Å². The SMILES string of the molecule is Cc1ccc(OCC(CO)c2cccc(C)c2)cc1. The monoisotopic (exact) mass is 256 g/mol. The summed E-state index contributed by atoms with van der Waals surface area (Å²) in [5, 5.41) is 9.51. The maximum absolute atomic E-state index is 9.51. The third kappa shape index (κ3) is 3.83. The molecule has 2 aromatic carbocycles. The Morgan fingerprint density at radius 3 is 2.37 bits per heavy atom. The Labute approximate surface area is 114 Å². The van der Waals surface area contributed by atoms with Crippen molar-refractivity contribution in [2.75, 3.05) is 13.2 Å². The number of hydrogen-bond acceptors (Lipinski definition) is 2. The van der Waals surface area contributed by atoms with E-state index in [4.69, 9.17) is 4.74 Å². The molecular weight excluding hydrogens is 236 g/mol. The van der Waals surface area contributed by atoms with E-state index in [1.165, 1.54) is 11.1 Å². The maximum Gasteiger partial charge on any atom is 0.119 e. The van der Waals surface area contributed by atoms with Crippen LogP contribution in [0.2, 0.25) is 0 Å².